The third-order valence-corrected chi connectivity index (χ3v) is 1.51. The molecule has 4 atom stereocenters. The predicted molar refractivity (Wildman–Crippen MR) is 44.5 cm³/mol. The standard InChI is InChI=1S/C6H12O7.Ca/c7-1-2(8)3(9)4(10)5(11)6(12)13;/h2-5,7-11H,1H2,(H,12,13);/q;+2/t2-,3-,4-,5+;/m0./s1. The van der Waals surface area contributed by atoms with Crippen LogP contribution < -0.4 is 0 Å². The summed E-state index contributed by atoms with van der Waals surface area (Å²) in [5.41, 5.74) is 0. The number of hydrogen-bond donors (Lipinski definition) is 6. The molecule has 0 aromatic carbocycles. The molecular formula is C6H12CaO7+2. The molecule has 0 bridgehead atoms. The van der Waals surface area contributed by atoms with Crippen molar-refractivity contribution in [2.45, 2.75) is 24.4 Å². The van der Waals surface area contributed by atoms with E-state index in [0.29, 0.717) is 0 Å². The summed E-state index contributed by atoms with van der Waals surface area (Å²) in [6, 6.07) is 0. The molecular weight excluding hydrogens is 224 g/mol. The molecule has 0 amide bonds. The smallest absolute Gasteiger partial charge is 0.479 e. The number of aliphatic hydroxyl groups is 5. The molecule has 0 aliphatic heterocycles. The van der Waals surface area contributed by atoms with Crippen LogP contribution in [-0.4, -0.2) is 105 Å². The van der Waals surface area contributed by atoms with Gasteiger partial charge in [-0.3, -0.25) is 0 Å². The quantitative estimate of drug-likeness (QED) is 0.268. The van der Waals surface area contributed by atoms with Gasteiger partial charge in [0.05, 0.1) is 6.61 Å². The van der Waals surface area contributed by atoms with Crippen molar-refractivity contribution < 1.29 is 35.4 Å². The Bertz CT molecular complexity index is 176. The predicted octanol–water partition coefficient (Wildman–Crippen LogP) is -3.87. The molecule has 14 heavy (non-hydrogen) atoms. The molecule has 0 saturated heterocycles. The van der Waals surface area contributed by atoms with Crippen LogP contribution in [-0.2, 0) is 4.79 Å². The third kappa shape index (κ3) is 4.85. The topological polar surface area (TPSA) is 138 Å². The zero-order valence-electron chi connectivity index (χ0n) is 7.32. The van der Waals surface area contributed by atoms with E-state index in [0.717, 1.165) is 0 Å². The first-order valence-corrected chi connectivity index (χ1v) is 3.47. The number of aliphatic carboxylic acids is 1. The van der Waals surface area contributed by atoms with Crippen LogP contribution in [0.1, 0.15) is 0 Å². The molecule has 0 fully saturated rings. The fraction of sp³-hybridized carbons (Fsp3) is 0.833. The molecule has 0 aliphatic rings. The number of hydrogen-bond acceptors (Lipinski definition) is 6. The van der Waals surface area contributed by atoms with Gasteiger partial charge in [-0.2, -0.15) is 0 Å². The van der Waals surface area contributed by atoms with Gasteiger partial charge in [0.1, 0.15) is 18.3 Å². The van der Waals surface area contributed by atoms with Crippen LogP contribution in [0.3, 0.4) is 0 Å². The van der Waals surface area contributed by atoms with E-state index in [1.54, 1.807) is 0 Å². The molecule has 0 heterocycles. The van der Waals surface area contributed by atoms with Gasteiger partial charge < -0.3 is 30.6 Å². The first kappa shape index (κ1) is 16.9. The largest absolute Gasteiger partial charge is 2.00 e. The van der Waals surface area contributed by atoms with Crippen molar-refractivity contribution in [1.82, 2.24) is 0 Å². The Kier molecular flexibility index (Phi) is 9.41. The molecule has 0 aromatic rings. The Morgan fingerprint density at radius 1 is 1.07 bits per heavy atom. The minimum absolute atomic E-state index is 0. The molecule has 0 aromatic heterocycles. The molecule has 78 valence electrons. The molecule has 7 nitrogen and oxygen atoms in total. The van der Waals surface area contributed by atoms with Gasteiger partial charge in [0.2, 0.25) is 0 Å². The van der Waals surface area contributed by atoms with E-state index in [-0.39, 0.29) is 37.7 Å². The van der Waals surface area contributed by atoms with E-state index >= 15 is 0 Å². The van der Waals surface area contributed by atoms with Gasteiger partial charge >= 0.3 is 43.7 Å². The van der Waals surface area contributed by atoms with E-state index in [2.05, 4.69) is 0 Å². The van der Waals surface area contributed by atoms with E-state index in [4.69, 9.17) is 30.6 Å². The summed E-state index contributed by atoms with van der Waals surface area (Å²) in [5, 5.41) is 51.8. The number of rotatable bonds is 5. The zero-order chi connectivity index (χ0) is 10.6. The minimum atomic E-state index is -2.20. The van der Waals surface area contributed by atoms with Crippen LogP contribution in [0.4, 0.5) is 0 Å². The molecule has 0 aliphatic carbocycles. The van der Waals surface area contributed by atoms with Gasteiger partial charge in [-0.15, -0.1) is 0 Å². The van der Waals surface area contributed by atoms with E-state index in [1.165, 1.54) is 0 Å². The fourth-order valence-electron chi connectivity index (χ4n) is 0.668. The van der Waals surface area contributed by atoms with Gasteiger partial charge in [-0.1, -0.05) is 0 Å². The van der Waals surface area contributed by atoms with Crippen molar-refractivity contribution in [2.75, 3.05) is 6.61 Å². The number of carbonyl (C=O) groups is 1. The van der Waals surface area contributed by atoms with Crippen LogP contribution in [0.5, 0.6) is 0 Å². The summed E-state index contributed by atoms with van der Waals surface area (Å²) in [7, 11) is 0. The summed E-state index contributed by atoms with van der Waals surface area (Å²) >= 11 is 0. The van der Waals surface area contributed by atoms with Gasteiger partial charge in [0, 0.05) is 0 Å². The third-order valence-electron chi connectivity index (χ3n) is 1.51. The zero-order valence-corrected chi connectivity index (χ0v) is 9.52. The Morgan fingerprint density at radius 3 is 1.79 bits per heavy atom. The van der Waals surface area contributed by atoms with Crippen molar-refractivity contribution in [3.05, 3.63) is 0 Å². The molecule has 0 saturated carbocycles. The maximum atomic E-state index is 10.1. The van der Waals surface area contributed by atoms with Crippen molar-refractivity contribution in [2.24, 2.45) is 0 Å². The van der Waals surface area contributed by atoms with E-state index in [9.17, 15) is 4.79 Å². The normalized spacial score (nSPS) is 18.9. The molecule has 0 unspecified atom stereocenters. The second-order valence-electron chi connectivity index (χ2n) is 2.51. The van der Waals surface area contributed by atoms with Crippen LogP contribution in [0.15, 0.2) is 0 Å². The van der Waals surface area contributed by atoms with E-state index in [1.807, 2.05) is 0 Å². The number of aliphatic hydroxyl groups excluding tert-OH is 5. The Balaban J connectivity index is 0. The monoisotopic (exact) mass is 236 g/mol. The Hall–Kier alpha value is 0.530. The second-order valence-corrected chi connectivity index (χ2v) is 2.51. The SMILES string of the molecule is O=C(O)[C@H](O)[C@@H](O)[C@@H](O)[C@@H](O)CO.[Ca+2]. The van der Waals surface area contributed by atoms with Crippen molar-refractivity contribution in [1.29, 1.82) is 0 Å². The van der Waals surface area contributed by atoms with Crippen LogP contribution >= 0.6 is 0 Å². The van der Waals surface area contributed by atoms with Crippen molar-refractivity contribution in [3.63, 3.8) is 0 Å². The minimum Gasteiger partial charge on any atom is -0.479 e. The summed E-state index contributed by atoms with van der Waals surface area (Å²) < 4.78 is 0. The second kappa shape index (κ2) is 7.77. The molecule has 0 radical (unpaired) electrons. The number of carboxylic acid groups (broad SMARTS) is 1. The van der Waals surface area contributed by atoms with Gasteiger partial charge in [0.15, 0.2) is 6.10 Å². The van der Waals surface area contributed by atoms with Gasteiger partial charge in [-0.25, -0.2) is 4.79 Å². The van der Waals surface area contributed by atoms with Crippen molar-refractivity contribution in [3.8, 4) is 0 Å². The van der Waals surface area contributed by atoms with Crippen molar-refractivity contribution >= 4 is 43.7 Å². The average molecular weight is 236 g/mol. The fourth-order valence-corrected chi connectivity index (χ4v) is 0.668. The molecule has 8 heteroatoms. The Morgan fingerprint density at radius 2 is 1.50 bits per heavy atom. The molecule has 0 spiro atoms. The first-order valence-electron chi connectivity index (χ1n) is 3.47. The summed E-state index contributed by atoms with van der Waals surface area (Å²) in [6.45, 7) is -0.843. The summed E-state index contributed by atoms with van der Waals surface area (Å²) in [4.78, 5) is 10.1. The van der Waals surface area contributed by atoms with Gasteiger partial charge in [0.25, 0.3) is 0 Å². The van der Waals surface area contributed by atoms with E-state index < -0.39 is 37.0 Å². The maximum absolute atomic E-state index is 10.1. The first-order chi connectivity index (χ1) is 5.91. The maximum Gasteiger partial charge on any atom is 2.00 e. The van der Waals surface area contributed by atoms with Gasteiger partial charge in [-0.05, 0) is 0 Å². The Labute approximate surface area is 110 Å². The molecule has 0 rings (SSSR count). The summed E-state index contributed by atoms with van der Waals surface area (Å²) in [5.74, 6) is -1.73. The van der Waals surface area contributed by atoms with Crippen LogP contribution in [0.25, 0.3) is 0 Å². The van der Waals surface area contributed by atoms with Crippen LogP contribution in [0, 0.1) is 0 Å². The molecule has 6 N–H and O–H groups in total. The number of carboxylic acids is 1. The summed E-state index contributed by atoms with van der Waals surface area (Å²) in [6.07, 6.45) is -7.84. The van der Waals surface area contributed by atoms with Crippen LogP contribution in [0.2, 0.25) is 0 Å². The average Bonchev–Trinajstić information content (AvgIpc) is 2.12.